The molecule has 1 aliphatic rings. The van der Waals surface area contributed by atoms with Gasteiger partial charge in [-0.05, 0) is 51.9 Å². The van der Waals surface area contributed by atoms with E-state index in [9.17, 15) is 0 Å². The van der Waals surface area contributed by atoms with Crippen LogP contribution in [0, 0.1) is 5.92 Å². The minimum Gasteiger partial charge on any atom is -0.316 e. The minimum absolute atomic E-state index is 0.722. The van der Waals surface area contributed by atoms with Gasteiger partial charge in [-0.15, -0.1) is 0 Å². The third kappa shape index (κ3) is 5.80. The second-order valence-corrected chi connectivity index (χ2v) is 6.39. The van der Waals surface area contributed by atoms with Gasteiger partial charge in [-0.25, -0.2) is 0 Å². The standard InChI is InChI=1S/C16H35N3/c1-6-18(7-2)16-9-11-19(13-16)15(5)8-10-17-12-14(3)4/h14-17H,6-13H2,1-5H3. The number of hydrogen-bond acceptors (Lipinski definition) is 3. The Morgan fingerprint density at radius 3 is 2.47 bits per heavy atom. The van der Waals surface area contributed by atoms with Gasteiger partial charge in [-0.1, -0.05) is 27.7 Å². The number of likely N-dealkylation sites (N-methyl/N-ethyl adjacent to an activating group) is 1. The van der Waals surface area contributed by atoms with Gasteiger partial charge in [0, 0.05) is 25.2 Å². The molecule has 19 heavy (non-hydrogen) atoms. The van der Waals surface area contributed by atoms with Gasteiger partial charge in [-0.3, -0.25) is 9.80 Å². The molecule has 2 atom stereocenters. The lowest BCUT2D eigenvalue weighted by molar-refractivity contribution is 0.188. The Morgan fingerprint density at radius 1 is 1.21 bits per heavy atom. The first-order chi connectivity index (χ1) is 9.08. The van der Waals surface area contributed by atoms with Gasteiger partial charge < -0.3 is 5.32 Å². The van der Waals surface area contributed by atoms with Crippen molar-refractivity contribution in [3.63, 3.8) is 0 Å². The third-order valence-electron chi connectivity index (χ3n) is 4.44. The highest BCUT2D eigenvalue weighted by molar-refractivity contribution is 4.85. The lowest BCUT2D eigenvalue weighted by atomic mass is 10.2. The number of nitrogens with one attached hydrogen (secondary N) is 1. The molecule has 0 bridgehead atoms. The molecular formula is C16H35N3. The van der Waals surface area contributed by atoms with Gasteiger partial charge in [0.1, 0.15) is 0 Å². The molecule has 0 aromatic rings. The van der Waals surface area contributed by atoms with Crippen LogP contribution in [0.4, 0.5) is 0 Å². The van der Waals surface area contributed by atoms with Crippen LogP contribution in [-0.4, -0.2) is 61.2 Å². The molecule has 2 unspecified atom stereocenters. The third-order valence-corrected chi connectivity index (χ3v) is 4.44. The van der Waals surface area contributed by atoms with Gasteiger partial charge in [0.05, 0.1) is 0 Å². The zero-order chi connectivity index (χ0) is 14.3. The molecule has 0 aromatic heterocycles. The molecule has 3 heteroatoms. The van der Waals surface area contributed by atoms with E-state index in [-0.39, 0.29) is 0 Å². The van der Waals surface area contributed by atoms with Crippen molar-refractivity contribution in [2.24, 2.45) is 5.92 Å². The summed E-state index contributed by atoms with van der Waals surface area (Å²) in [5, 5.41) is 3.56. The highest BCUT2D eigenvalue weighted by atomic mass is 15.3. The molecule has 1 N–H and O–H groups in total. The smallest absolute Gasteiger partial charge is 0.0235 e. The first-order valence-corrected chi connectivity index (χ1v) is 8.27. The average molecular weight is 269 g/mol. The summed E-state index contributed by atoms with van der Waals surface area (Å²) in [7, 11) is 0. The summed E-state index contributed by atoms with van der Waals surface area (Å²) in [5.41, 5.74) is 0. The fourth-order valence-corrected chi connectivity index (χ4v) is 3.09. The fraction of sp³-hybridized carbons (Fsp3) is 1.00. The van der Waals surface area contributed by atoms with E-state index in [0.717, 1.165) is 31.1 Å². The summed E-state index contributed by atoms with van der Waals surface area (Å²) in [4.78, 5) is 5.30. The van der Waals surface area contributed by atoms with E-state index in [0.29, 0.717) is 0 Å². The molecular weight excluding hydrogens is 234 g/mol. The number of likely N-dealkylation sites (tertiary alicyclic amines) is 1. The fourth-order valence-electron chi connectivity index (χ4n) is 3.09. The highest BCUT2D eigenvalue weighted by Gasteiger charge is 2.28. The molecule has 1 aliphatic heterocycles. The summed E-state index contributed by atoms with van der Waals surface area (Å²) in [5.74, 6) is 0.758. The zero-order valence-corrected chi connectivity index (χ0v) is 13.8. The van der Waals surface area contributed by atoms with Gasteiger partial charge in [0.25, 0.3) is 0 Å². The predicted octanol–water partition coefficient (Wildman–Crippen LogP) is 2.43. The van der Waals surface area contributed by atoms with Crippen molar-refractivity contribution in [2.75, 3.05) is 39.3 Å². The quantitative estimate of drug-likeness (QED) is 0.649. The lowest BCUT2D eigenvalue weighted by Crippen LogP contribution is -2.40. The topological polar surface area (TPSA) is 18.5 Å². The SMILES string of the molecule is CCN(CC)C1CCN(C(C)CCNCC(C)C)C1. The maximum Gasteiger partial charge on any atom is 0.0235 e. The maximum atomic E-state index is 3.56. The van der Waals surface area contributed by atoms with Gasteiger partial charge in [0.15, 0.2) is 0 Å². The summed E-state index contributed by atoms with van der Waals surface area (Å²) in [6.07, 6.45) is 2.63. The molecule has 114 valence electrons. The van der Waals surface area contributed by atoms with Crippen molar-refractivity contribution in [3.05, 3.63) is 0 Å². The van der Waals surface area contributed by atoms with Crippen LogP contribution in [0.3, 0.4) is 0 Å². The molecule has 1 rings (SSSR count). The van der Waals surface area contributed by atoms with Crippen molar-refractivity contribution >= 4 is 0 Å². The Labute approximate surface area is 120 Å². The zero-order valence-electron chi connectivity index (χ0n) is 13.8. The van der Waals surface area contributed by atoms with Crippen LogP contribution in [-0.2, 0) is 0 Å². The van der Waals surface area contributed by atoms with Crippen LogP contribution in [0.5, 0.6) is 0 Å². The van der Waals surface area contributed by atoms with Crippen LogP contribution in [0.15, 0.2) is 0 Å². The Balaban J connectivity index is 2.22. The second-order valence-electron chi connectivity index (χ2n) is 6.39. The summed E-state index contributed by atoms with van der Waals surface area (Å²) in [6, 6.07) is 1.52. The number of rotatable bonds is 9. The van der Waals surface area contributed by atoms with Gasteiger partial charge >= 0.3 is 0 Å². The molecule has 0 aliphatic carbocycles. The monoisotopic (exact) mass is 269 g/mol. The van der Waals surface area contributed by atoms with Crippen molar-refractivity contribution in [3.8, 4) is 0 Å². The van der Waals surface area contributed by atoms with E-state index < -0.39 is 0 Å². The van der Waals surface area contributed by atoms with Crippen LogP contribution >= 0.6 is 0 Å². The van der Waals surface area contributed by atoms with Crippen LogP contribution in [0.2, 0.25) is 0 Å². The minimum atomic E-state index is 0.722. The molecule has 1 saturated heterocycles. The van der Waals surface area contributed by atoms with Crippen LogP contribution < -0.4 is 5.32 Å². The predicted molar refractivity (Wildman–Crippen MR) is 84.7 cm³/mol. The molecule has 0 amide bonds. The number of hydrogen-bond donors (Lipinski definition) is 1. The molecule has 0 spiro atoms. The molecule has 1 fully saturated rings. The average Bonchev–Trinajstić information content (AvgIpc) is 2.85. The largest absolute Gasteiger partial charge is 0.316 e. The van der Waals surface area contributed by atoms with E-state index in [1.165, 1.54) is 39.0 Å². The van der Waals surface area contributed by atoms with Crippen molar-refractivity contribution in [2.45, 2.75) is 59.5 Å². The van der Waals surface area contributed by atoms with Crippen molar-refractivity contribution in [1.82, 2.24) is 15.1 Å². The second kappa shape index (κ2) is 8.93. The van der Waals surface area contributed by atoms with Crippen LogP contribution in [0.1, 0.15) is 47.5 Å². The Hall–Kier alpha value is -0.120. The van der Waals surface area contributed by atoms with E-state index in [2.05, 4.69) is 49.7 Å². The molecule has 0 aromatic carbocycles. The van der Waals surface area contributed by atoms with Crippen molar-refractivity contribution < 1.29 is 0 Å². The molecule has 3 nitrogen and oxygen atoms in total. The van der Waals surface area contributed by atoms with Gasteiger partial charge in [-0.2, -0.15) is 0 Å². The maximum absolute atomic E-state index is 3.56. The molecule has 0 radical (unpaired) electrons. The Morgan fingerprint density at radius 2 is 1.89 bits per heavy atom. The lowest BCUT2D eigenvalue weighted by Gasteiger charge is -2.28. The van der Waals surface area contributed by atoms with E-state index in [1.54, 1.807) is 0 Å². The highest BCUT2D eigenvalue weighted by Crippen LogP contribution is 2.18. The summed E-state index contributed by atoms with van der Waals surface area (Å²) < 4.78 is 0. The van der Waals surface area contributed by atoms with Gasteiger partial charge in [0.2, 0.25) is 0 Å². The van der Waals surface area contributed by atoms with Crippen LogP contribution in [0.25, 0.3) is 0 Å². The first kappa shape index (κ1) is 16.9. The summed E-state index contributed by atoms with van der Waals surface area (Å²) in [6.45, 7) is 18.7. The Bertz CT molecular complexity index is 226. The molecule has 1 heterocycles. The first-order valence-electron chi connectivity index (χ1n) is 8.27. The normalized spacial score (nSPS) is 22.6. The van der Waals surface area contributed by atoms with E-state index >= 15 is 0 Å². The Kier molecular flexibility index (Phi) is 7.96. The van der Waals surface area contributed by atoms with E-state index in [4.69, 9.17) is 0 Å². The summed E-state index contributed by atoms with van der Waals surface area (Å²) >= 11 is 0. The number of nitrogens with zero attached hydrogens (tertiary/aromatic N) is 2. The van der Waals surface area contributed by atoms with E-state index in [1.807, 2.05) is 0 Å². The van der Waals surface area contributed by atoms with Crippen molar-refractivity contribution in [1.29, 1.82) is 0 Å². The molecule has 0 saturated carbocycles.